The zero-order valence-electron chi connectivity index (χ0n) is 10.6. The minimum Gasteiger partial charge on any atom is -0.271 e. The van der Waals surface area contributed by atoms with Gasteiger partial charge in [0.25, 0.3) is 0 Å². The van der Waals surface area contributed by atoms with Gasteiger partial charge in [-0.3, -0.25) is 11.3 Å². The summed E-state index contributed by atoms with van der Waals surface area (Å²) in [6, 6.07) is 5.53. The smallest absolute Gasteiger partial charge is 0.147 e. The second-order valence-electron chi connectivity index (χ2n) is 4.47. The molecule has 0 heterocycles. The quantitative estimate of drug-likeness (QED) is 0.473. The van der Waals surface area contributed by atoms with Crippen molar-refractivity contribution < 1.29 is 13.2 Å². The molecule has 2 rings (SSSR count). The molecule has 0 saturated heterocycles. The van der Waals surface area contributed by atoms with Crippen LogP contribution in [0.4, 0.5) is 13.2 Å². The van der Waals surface area contributed by atoms with Crippen LogP contribution in [0.2, 0.25) is 5.02 Å². The molecule has 1 atom stereocenters. The van der Waals surface area contributed by atoms with Crippen molar-refractivity contribution in [3.8, 4) is 0 Å². The summed E-state index contributed by atoms with van der Waals surface area (Å²) in [6.45, 7) is 0. The van der Waals surface area contributed by atoms with Crippen LogP contribution in [0.5, 0.6) is 0 Å². The molecule has 0 aromatic heterocycles. The third-order valence-electron chi connectivity index (χ3n) is 3.00. The summed E-state index contributed by atoms with van der Waals surface area (Å²) in [7, 11) is 0. The zero-order chi connectivity index (χ0) is 15.6. The minimum atomic E-state index is -0.699. The van der Waals surface area contributed by atoms with Crippen molar-refractivity contribution >= 4 is 27.5 Å². The summed E-state index contributed by atoms with van der Waals surface area (Å²) in [5, 5.41) is -0.0711. The Bertz CT molecular complexity index is 647. The van der Waals surface area contributed by atoms with Gasteiger partial charge in [-0.15, -0.1) is 0 Å². The molecule has 0 fully saturated rings. The molecule has 0 aliphatic carbocycles. The predicted molar refractivity (Wildman–Crippen MR) is 79.2 cm³/mol. The molecule has 21 heavy (non-hydrogen) atoms. The van der Waals surface area contributed by atoms with E-state index in [9.17, 15) is 13.2 Å². The third-order valence-corrected chi connectivity index (χ3v) is 4.26. The highest BCUT2D eigenvalue weighted by Crippen LogP contribution is 2.31. The van der Waals surface area contributed by atoms with Crippen molar-refractivity contribution in [2.24, 2.45) is 5.84 Å². The number of nitrogens with two attached hydrogens (primary N) is 1. The van der Waals surface area contributed by atoms with Gasteiger partial charge in [-0.05, 0) is 46.1 Å². The molecule has 2 nitrogen and oxygen atoms in total. The number of rotatable bonds is 4. The highest BCUT2D eigenvalue weighted by Gasteiger charge is 2.19. The van der Waals surface area contributed by atoms with Crippen LogP contribution in [0, 0.1) is 17.5 Å². The van der Waals surface area contributed by atoms with Gasteiger partial charge in [-0.1, -0.05) is 17.7 Å². The van der Waals surface area contributed by atoms with Crippen LogP contribution in [0.1, 0.15) is 17.2 Å². The Balaban J connectivity index is 2.34. The second kappa shape index (κ2) is 6.79. The van der Waals surface area contributed by atoms with Gasteiger partial charge in [-0.2, -0.15) is 0 Å². The zero-order valence-corrected chi connectivity index (χ0v) is 13.0. The van der Waals surface area contributed by atoms with E-state index in [0.29, 0.717) is 10.0 Å². The van der Waals surface area contributed by atoms with Crippen LogP contribution in [0.25, 0.3) is 0 Å². The van der Waals surface area contributed by atoms with E-state index in [-0.39, 0.29) is 17.0 Å². The molecule has 7 heteroatoms. The van der Waals surface area contributed by atoms with Crippen molar-refractivity contribution in [3.63, 3.8) is 0 Å². The van der Waals surface area contributed by atoms with E-state index in [4.69, 9.17) is 17.4 Å². The molecule has 0 spiro atoms. The van der Waals surface area contributed by atoms with Crippen LogP contribution in [-0.2, 0) is 6.42 Å². The van der Waals surface area contributed by atoms with Gasteiger partial charge in [0.15, 0.2) is 0 Å². The molecule has 0 radical (unpaired) electrons. The molecule has 3 N–H and O–H groups in total. The Morgan fingerprint density at radius 3 is 2.33 bits per heavy atom. The summed E-state index contributed by atoms with van der Waals surface area (Å²) in [5.74, 6) is 3.40. The van der Waals surface area contributed by atoms with Crippen LogP contribution >= 0.6 is 27.5 Å². The number of halogens is 5. The van der Waals surface area contributed by atoms with E-state index in [2.05, 4.69) is 21.4 Å². The fraction of sp³-hybridized carbons (Fsp3) is 0.143. The monoisotopic (exact) mass is 378 g/mol. The van der Waals surface area contributed by atoms with Crippen molar-refractivity contribution in [3.05, 3.63) is 68.4 Å². The van der Waals surface area contributed by atoms with Crippen molar-refractivity contribution in [1.82, 2.24) is 5.43 Å². The van der Waals surface area contributed by atoms with Gasteiger partial charge >= 0.3 is 0 Å². The maximum absolute atomic E-state index is 14.2. The van der Waals surface area contributed by atoms with E-state index in [1.54, 1.807) is 6.07 Å². The number of hydrogen-bond donors (Lipinski definition) is 2. The maximum atomic E-state index is 14.2. The molecule has 1 unspecified atom stereocenters. The normalized spacial score (nSPS) is 12.5. The Kier molecular flexibility index (Phi) is 5.27. The van der Waals surface area contributed by atoms with Crippen LogP contribution < -0.4 is 11.3 Å². The molecule has 0 aliphatic heterocycles. The average Bonchev–Trinajstić information content (AvgIpc) is 2.42. The largest absolute Gasteiger partial charge is 0.271 e. The first-order valence-electron chi connectivity index (χ1n) is 5.97. The van der Waals surface area contributed by atoms with Gasteiger partial charge in [0, 0.05) is 16.1 Å². The van der Waals surface area contributed by atoms with Crippen LogP contribution in [-0.4, -0.2) is 0 Å². The predicted octanol–water partition coefficient (Wildman–Crippen LogP) is 4.27. The molecule has 2 aromatic carbocycles. The molecular formula is C14H11BrClF3N2. The number of hydrogen-bond acceptors (Lipinski definition) is 2. The summed E-state index contributed by atoms with van der Waals surface area (Å²) in [6.07, 6.45) is 0.111. The maximum Gasteiger partial charge on any atom is 0.147 e. The topological polar surface area (TPSA) is 38.0 Å². The van der Waals surface area contributed by atoms with Gasteiger partial charge in [0.1, 0.15) is 17.5 Å². The summed E-state index contributed by atoms with van der Waals surface area (Å²) >= 11 is 8.94. The molecule has 0 aliphatic rings. The fourth-order valence-corrected chi connectivity index (χ4v) is 2.51. The van der Waals surface area contributed by atoms with Gasteiger partial charge in [0.05, 0.1) is 11.1 Å². The Labute approximate surface area is 133 Å². The molecule has 2 aromatic rings. The number of nitrogens with one attached hydrogen (secondary N) is 1. The van der Waals surface area contributed by atoms with E-state index in [1.807, 2.05) is 0 Å². The molecule has 0 saturated carbocycles. The lowest BCUT2D eigenvalue weighted by Crippen LogP contribution is -2.30. The first-order chi connectivity index (χ1) is 9.92. The minimum absolute atomic E-state index is 0.0711. The standard InChI is InChI=1S/C14H11BrClF3N2/c15-11-2-1-10(14(19)13(11)16)12(21-20)5-7-3-8(17)6-9(18)4-7/h1-4,6,12,21H,5,20H2. The fourth-order valence-electron chi connectivity index (χ4n) is 2.03. The lowest BCUT2D eigenvalue weighted by atomic mass is 9.99. The summed E-state index contributed by atoms with van der Waals surface area (Å²) < 4.78 is 40.9. The first kappa shape index (κ1) is 16.3. The lowest BCUT2D eigenvalue weighted by molar-refractivity contribution is 0.506. The molecule has 0 bridgehead atoms. The van der Waals surface area contributed by atoms with E-state index in [0.717, 1.165) is 6.07 Å². The van der Waals surface area contributed by atoms with Gasteiger partial charge in [0.2, 0.25) is 0 Å². The molecular weight excluding hydrogens is 369 g/mol. The first-order valence-corrected chi connectivity index (χ1v) is 7.14. The third kappa shape index (κ3) is 3.77. The average molecular weight is 380 g/mol. The van der Waals surface area contributed by atoms with Gasteiger partial charge < -0.3 is 0 Å². The van der Waals surface area contributed by atoms with Crippen molar-refractivity contribution in [2.45, 2.75) is 12.5 Å². The van der Waals surface area contributed by atoms with Crippen LogP contribution in [0.3, 0.4) is 0 Å². The number of benzene rings is 2. The van der Waals surface area contributed by atoms with Gasteiger partial charge in [-0.25, -0.2) is 13.2 Å². The summed E-state index contributed by atoms with van der Waals surface area (Å²) in [5.41, 5.74) is 3.01. The van der Waals surface area contributed by atoms with E-state index in [1.165, 1.54) is 18.2 Å². The Morgan fingerprint density at radius 2 is 1.76 bits per heavy atom. The SMILES string of the molecule is NNC(Cc1cc(F)cc(F)c1)c1ccc(Br)c(Cl)c1F. The summed E-state index contributed by atoms with van der Waals surface area (Å²) in [4.78, 5) is 0. The Morgan fingerprint density at radius 1 is 1.14 bits per heavy atom. The molecule has 112 valence electrons. The highest BCUT2D eigenvalue weighted by atomic mass is 79.9. The van der Waals surface area contributed by atoms with Crippen molar-refractivity contribution in [2.75, 3.05) is 0 Å². The lowest BCUT2D eigenvalue weighted by Gasteiger charge is -2.18. The molecule has 0 amide bonds. The van der Waals surface area contributed by atoms with Crippen molar-refractivity contribution in [1.29, 1.82) is 0 Å². The number of hydrazine groups is 1. The van der Waals surface area contributed by atoms with E-state index >= 15 is 0 Å². The van der Waals surface area contributed by atoms with E-state index < -0.39 is 23.5 Å². The van der Waals surface area contributed by atoms with Crippen LogP contribution in [0.15, 0.2) is 34.8 Å². The Hall–Kier alpha value is -1.08. The highest BCUT2D eigenvalue weighted by molar-refractivity contribution is 9.10. The second-order valence-corrected chi connectivity index (χ2v) is 5.70.